The summed E-state index contributed by atoms with van der Waals surface area (Å²) in [6.45, 7) is 5.92. The molecule has 1 fully saturated rings. The van der Waals surface area contributed by atoms with E-state index >= 15 is 0 Å². The Kier molecular flexibility index (Phi) is 4.57. The SMILES string of the molecule is Cc1cc(C)c(NC(=O)C2CC2C(=O)Nc2cccc(F)c2)c(C)c1. The zero-order valence-corrected chi connectivity index (χ0v) is 14.5. The number of carbonyl (C=O) groups is 2. The summed E-state index contributed by atoms with van der Waals surface area (Å²) in [5.41, 5.74) is 4.37. The summed E-state index contributed by atoms with van der Waals surface area (Å²) < 4.78 is 13.2. The molecule has 25 heavy (non-hydrogen) atoms. The van der Waals surface area contributed by atoms with Crippen LogP contribution in [0.5, 0.6) is 0 Å². The van der Waals surface area contributed by atoms with Gasteiger partial charge >= 0.3 is 0 Å². The van der Waals surface area contributed by atoms with Gasteiger partial charge < -0.3 is 10.6 Å². The van der Waals surface area contributed by atoms with Gasteiger partial charge in [0.1, 0.15) is 5.82 Å². The van der Waals surface area contributed by atoms with Crippen molar-refractivity contribution < 1.29 is 14.0 Å². The van der Waals surface area contributed by atoms with Crippen LogP contribution in [0.15, 0.2) is 36.4 Å². The lowest BCUT2D eigenvalue weighted by molar-refractivity contribution is -0.122. The number of carbonyl (C=O) groups excluding carboxylic acids is 2. The molecule has 1 aliphatic rings. The first-order valence-electron chi connectivity index (χ1n) is 8.30. The fraction of sp³-hybridized carbons (Fsp3) is 0.300. The molecule has 0 heterocycles. The molecule has 2 aromatic carbocycles. The van der Waals surface area contributed by atoms with E-state index in [9.17, 15) is 14.0 Å². The van der Waals surface area contributed by atoms with Gasteiger partial charge in [0.2, 0.25) is 11.8 Å². The minimum absolute atomic E-state index is 0.144. The number of hydrogen-bond acceptors (Lipinski definition) is 2. The van der Waals surface area contributed by atoms with Gasteiger partial charge in [0.25, 0.3) is 0 Å². The molecule has 0 bridgehead atoms. The second kappa shape index (κ2) is 6.67. The second-order valence-electron chi connectivity index (χ2n) is 6.71. The molecule has 2 N–H and O–H groups in total. The van der Waals surface area contributed by atoms with Gasteiger partial charge in [0.05, 0.1) is 11.8 Å². The fourth-order valence-corrected chi connectivity index (χ4v) is 3.17. The molecule has 2 unspecified atom stereocenters. The number of amides is 2. The first kappa shape index (κ1) is 17.1. The predicted molar refractivity (Wildman–Crippen MR) is 95.9 cm³/mol. The van der Waals surface area contributed by atoms with Gasteiger partial charge in [0, 0.05) is 11.4 Å². The Morgan fingerprint density at radius 3 is 2.16 bits per heavy atom. The minimum atomic E-state index is -0.409. The van der Waals surface area contributed by atoms with E-state index in [4.69, 9.17) is 0 Å². The van der Waals surface area contributed by atoms with E-state index in [1.54, 1.807) is 6.07 Å². The number of aryl methyl sites for hydroxylation is 3. The van der Waals surface area contributed by atoms with Crippen LogP contribution in [-0.2, 0) is 9.59 Å². The van der Waals surface area contributed by atoms with Crippen LogP contribution in [0.1, 0.15) is 23.1 Å². The summed E-state index contributed by atoms with van der Waals surface area (Å²) in [5, 5.41) is 5.61. The maximum Gasteiger partial charge on any atom is 0.228 e. The molecule has 130 valence electrons. The Balaban J connectivity index is 1.61. The highest BCUT2D eigenvalue weighted by molar-refractivity contribution is 6.03. The van der Waals surface area contributed by atoms with Crippen molar-refractivity contribution in [2.45, 2.75) is 27.2 Å². The van der Waals surface area contributed by atoms with Crippen LogP contribution < -0.4 is 10.6 Å². The van der Waals surface area contributed by atoms with Crippen LogP contribution in [-0.4, -0.2) is 11.8 Å². The number of nitrogens with one attached hydrogen (secondary N) is 2. The highest BCUT2D eigenvalue weighted by Crippen LogP contribution is 2.40. The Morgan fingerprint density at radius 1 is 0.960 bits per heavy atom. The molecule has 1 saturated carbocycles. The van der Waals surface area contributed by atoms with E-state index < -0.39 is 5.82 Å². The number of benzene rings is 2. The Morgan fingerprint density at radius 2 is 1.56 bits per heavy atom. The number of rotatable bonds is 4. The zero-order valence-electron chi connectivity index (χ0n) is 14.5. The zero-order chi connectivity index (χ0) is 18.1. The van der Waals surface area contributed by atoms with E-state index in [1.807, 2.05) is 32.9 Å². The lowest BCUT2D eigenvalue weighted by Gasteiger charge is -2.13. The van der Waals surface area contributed by atoms with E-state index in [2.05, 4.69) is 10.6 Å². The van der Waals surface area contributed by atoms with Gasteiger partial charge in [0.15, 0.2) is 0 Å². The first-order chi connectivity index (χ1) is 11.8. The van der Waals surface area contributed by atoms with Gasteiger partial charge in [-0.15, -0.1) is 0 Å². The van der Waals surface area contributed by atoms with Gasteiger partial charge in [-0.1, -0.05) is 23.8 Å². The van der Waals surface area contributed by atoms with Crippen molar-refractivity contribution in [1.29, 1.82) is 0 Å². The van der Waals surface area contributed by atoms with Crippen molar-refractivity contribution >= 4 is 23.2 Å². The van der Waals surface area contributed by atoms with Gasteiger partial charge in [-0.2, -0.15) is 0 Å². The summed E-state index contributed by atoms with van der Waals surface area (Å²) in [6, 6.07) is 9.76. The van der Waals surface area contributed by atoms with E-state index in [1.165, 1.54) is 18.2 Å². The van der Waals surface area contributed by atoms with Crippen molar-refractivity contribution in [3.8, 4) is 0 Å². The van der Waals surface area contributed by atoms with Crippen molar-refractivity contribution in [3.63, 3.8) is 0 Å². The van der Waals surface area contributed by atoms with Crippen molar-refractivity contribution in [1.82, 2.24) is 0 Å². The molecule has 0 saturated heterocycles. The maximum atomic E-state index is 13.2. The molecule has 0 aliphatic heterocycles. The third-order valence-electron chi connectivity index (χ3n) is 4.48. The van der Waals surface area contributed by atoms with Crippen LogP contribution in [0.2, 0.25) is 0 Å². The second-order valence-corrected chi connectivity index (χ2v) is 6.71. The lowest BCUT2D eigenvalue weighted by atomic mass is 10.0. The Labute approximate surface area is 146 Å². The van der Waals surface area contributed by atoms with Crippen LogP contribution >= 0.6 is 0 Å². The summed E-state index contributed by atoms with van der Waals surface area (Å²) >= 11 is 0. The lowest BCUT2D eigenvalue weighted by Crippen LogP contribution is -2.21. The van der Waals surface area contributed by atoms with Crippen molar-refractivity contribution in [3.05, 3.63) is 58.9 Å². The molecular weight excluding hydrogens is 319 g/mol. The number of anilines is 2. The molecular formula is C20H21FN2O2. The molecule has 1 aliphatic carbocycles. The normalized spacial score (nSPS) is 18.6. The van der Waals surface area contributed by atoms with E-state index in [0.29, 0.717) is 12.1 Å². The van der Waals surface area contributed by atoms with E-state index in [0.717, 1.165) is 22.4 Å². The van der Waals surface area contributed by atoms with Gasteiger partial charge in [-0.25, -0.2) is 4.39 Å². The molecule has 0 radical (unpaired) electrons. The van der Waals surface area contributed by atoms with Crippen LogP contribution in [0.3, 0.4) is 0 Å². The van der Waals surface area contributed by atoms with Crippen LogP contribution in [0.25, 0.3) is 0 Å². The molecule has 0 spiro atoms. The standard InChI is InChI=1S/C20H21FN2O2/c1-11-7-12(2)18(13(3)8-11)23-20(25)17-10-16(17)19(24)22-15-6-4-5-14(21)9-15/h4-9,16-17H,10H2,1-3H3,(H,22,24)(H,23,25). The Bertz CT molecular complexity index is 824. The predicted octanol–water partition coefficient (Wildman–Crippen LogP) is 3.96. The summed E-state index contributed by atoms with van der Waals surface area (Å²) in [7, 11) is 0. The quantitative estimate of drug-likeness (QED) is 0.885. The summed E-state index contributed by atoms with van der Waals surface area (Å²) in [5.74, 6) is -1.51. The summed E-state index contributed by atoms with van der Waals surface area (Å²) in [4.78, 5) is 24.7. The third-order valence-corrected chi connectivity index (χ3v) is 4.48. The average Bonchev–Trinajstić information content (AvgIpc) is 3.31. The van der Waals surface area contributed by atoms with Crippen molar-refractivity contribution in [2.24, 2.45) is 11.8 Å². The molecule has 2 amide bonds. The topological polar surface area (TPSA) is 58.2 Å². The van der Waals surface area contributed by atoms with Gasteiger partial charge in [-0.3, -0.25) is 9.59 Å². The van der Waals surface area contributed by atoms with Gasteiger partial charge in [-0.05, 0) is 56.5 Å². The molecule has 2 aromatic rings. The third kappa shape index (κ3) is 3.87. The molecule has 0 aromatic heterocycles. The monoisotopic (exact) mass is 340 g/mol. The highest BCUT2D eigenvalue weighted by atomic mass is 19.1. The average molecular weight is 340 g/mol. The minimum Gasteiger partial charge on any atom is -0.326 e. The Hall–Kier alpha value is -2.69. The first-order valence-corrected chi connectivity index (χ1v) is 8.30. The highest BCUT2D eigenvalue weighted by Gasteiger charge is 2.48. The molecule has 4 nitrogen and oxygen atoms in total. The molecule has 2 atom stereocenters. The fourth-order valence-electron chi connectivity index (χ4n) is 3.17. The van der Waals surface area contributed by atoms with E-state index in [-0.39, 0.29) is 23.7 Å². The van der Waals surface area contributed by atoms with Crippen LogP contribution in [0.4, 0.5) is 15.8 Å². The largest absolute Gasteiger partial charge is 0.326 e. The smallest absolute Gasteiger partial charge is 0.228 e. The van der Waals surface area contributed by atoms with Crippen LogP contribution in [0, 0.1) is 38.4 Å². The number of halogens is 1. The molecule has 5 heteroatoms. The maximum absolute atomic E-state index is 13.2. The van der Waals surface area contributed by atoms with Crippen molar-refractivity contribution in [2.75, 3.05) is 10.6 Å². The number of hydrogen-bond donors (Lipinski definition) is 2. The summed E-state index contributed by atoms with van der Waals surface area (Å²) in [6.07, 6.45) is 0.511. The molecule has 3 rings (SSSR count).